The SMILES string of the molecule is CN1CCC[C@@H](c2nnc3ccc(O[C@@H]4CC[C@H](NC(=O)Nc5cc(NS(C)(=O)=O)cc(C(C)(C)C)c5)c5ccccc54)cn23)C1. The van der Waals surface area contributed by atoms with Crippen molar-refractivity contribution in [3.05, 3.63) is 83.3 Å². The number of likely N-dealkylation sites (N-methyl/N-ethyl adjacent to an activating group) is 1. The molecule has 1 aliphatic carbocycles. The van der Waals surface area contributed by atoms with Crippen LogP contribution in [0.3, 0.4) is 0 Å². The van der Waals surface area contributed by atoms with Gasteiger partial charge < -0.3 is 20.3 Å². The molecule has 3 atom stereocenters. The highest BCUT2D eigenvalue weighted by Crippen LogP contribution is 2.39. The number of urea groups is 1. The van der Waals surface area contributed by atoms with E-state index in [9.17, 15) is 13.2 Å². The van der Waals surface area contributed by atoms with E-state index in [-0.39, 0.29) is 23.6 Å². The second kappa shape index (κ2) is 12.6. The van der Waals surface area contributed by atoms with Gasteiger partial charge in [-0.2, -0.15) is 0 Å². The first-order valence-corrected chi connectivity index (χ1v) is 17.7. The summed E-state index contributed by atoms with van der Waals surface area (Å²) >= 11 is 0. The number of benzene rings is 2. The Morgan fingerprint density at radius 3 is 2.48 bits per heavy atom. The normalized spacial score (nSPS) is 20.6. The molecule has 4 aromatic rings. The van der Waals surface area contributed by atoms with E-state index in [4.69, 9.17) is 4.74 Å². The molecule has 2 aromatic heterocycles. The molecule has 1 fully saturated rings. The fourth-order valence-electron chi connectivity index (χ4n) is 6.53. The number of pyridine rings is 1. The smallest absolute Gasteiger partial charge is 0.319 e. The fraction of sp³-hybridized carbons (Fsp3) is 0.441. The Morgan fingerprint density at radius 1 is 0.978 bits per heavy atom. The van der Waals surface area contributed by atoms with Gasteiger partial charge in [-0.3, -0.25) is 9.12 Å². The number of piperidine rings is 1. The third-order valence-electron chi connectivity index (χ3n) is 8.77. The molecule has 0 bridgehead atoms. The Morgan fingerprint density at radius 2 is 1.74 bits per heavy atom. The van der Waals surface area contributed by atoms with Crippen molar-refractivity contribution in [2.24, 2.45) is 0 Å². The molecule has 244 valence electrons. The summed E-state index contributed by atoms with van der Waals surface area (Å²) in [5.41, 5.74) is 4.39. The predicted octanol–water partition coefficient (Wildman–Crippen LogP) is 5.98. The molecule has 2 aromatic carbocycles. The van der Waals surface area contributed by atoms with E-state index < -0.39 is 10.0 Å². The molecular formula is C34H43N7O4S. The number of fused-ring (bicyclic) bond motifs is 2. The van der Waals surface area contributed by atoms with Crippen molar-refractivity contribution in [1.29, 1.82) is 0 Å². The second-order valence-electron chi connectivity index (χ2n) is 13.6. The molecule has 12 heteroatoms. The largest absolute Gasteiger partial charge is 0.484 e. The molecule has 1 aliphatic heterocycles. The quantitative estimate of drug-likeness (QED) is 0.225. The average molecular weight is 646 g/mol. The number of rotatable bonds is 7. The summed E-state index contributed by atoms with van der Waals surface area (Å²) in [6.07, 6.45) is 6.56. The van der Waals surface area contributed by atoms with Gasteiger partial charge >= 0.3 is 6.03 Å². The number of anilines is 2. The fourth-order valence-corrected chi connectivity index (χ4v) is 7.08. The number of carbonyl (C=O) groups is 1. The summed E-state index contributed by atoms with van der Waals surface area (Å²) in [7, 11) is -1.34. The molecule has 11 nitrogen and oxygen atoms in total. The van der Waals surface area contributed by atoms with Crippen LogP contribution >= 0.6 is 0 Å². The summed E-state index contributed by atoms with van der Waals surface area (Å²) in [6, 6.07) is 16.7. The molecule has 0 spiro atoms. The van der Waals surface area contributed by atoms with E-state index >= 15 is 0 Å². The maximum atomic E-state index is 13.3. The van der Waals surface area contributed by atoms with Gasteiger partial charge in [-0.05, 0) is 91.7 Å². The highest BCUT2D eigenvalue weighted by molar-refractivity contribution is 7.92. The number of amides is 2. The van der Waals surface area contributed by atoms with Crippen molar-refractivity contribution in [2.45, 2.75) is 69.9 Å². The zero-order valence-corrected chi connectivity index (χ0v) is 27.9. The number of nitrogens with zero attached hydrogens (tertiary/aromatic N) is 4. The summed E-state index contributed by atoms with van der Waals surface area (Å²) in [4.78, 5) is 15.6. The summed E-state index contributed by atoms with van der Waals surface area (Å²) in [5.74, 6) is 2.05. The van der Waals surface area contributed by atoms with Crippen LogP contribution in [0.15, 0.2) is 60.8 Å². The number of likely N-dealkylation sites (tertiary alicyclic amines) is 1. The van der Waals surface area contributed by atoms with Gasteiger partial charge in [0.15, 0.2) is 5.65 Å². The zero-order chi connectivity index (χ0) is 32.6. The van der Waals surface area contributed by atoms with Crippen molar-refractivity contribution < 1.29 is 17.9 Å². The lowest BCUT2D eigenvalue weighted by molar-refractivity contribution is 0.171. The van der Waals surface area contributed by atoms with E-state index in [1.807, 2.05) is 63.4 Å². The van der Waals surface area contributed by atoms with Crippen LogP contribution < -0.4 is 20.1 Å². The number of hydrogen-bond donors (Lipinski definition) is 3. The number of carbonyl (C=O) groups excluding carboxylic acids is 1. The molecule has 0 radical (unpaired) electrons. The second-order valence-corrected chi connectivity index (χ2v) is 15.4. The lowest BCUT2D eigenvalue weighted by atomic mass is 9.85. The summed E-state index contributed by atoms with van der Waals surface area (Å²) < 4.78 is 35.0. The topological polar surface area (TPSA) is 130 Å². The Kier molecular flexibility index (Phi) is 8.68. The average Bonchev–Trinajstić information content (AvgIpc) is 3.40. The minimum absolute atomic E-state index is 0.177. The number of aromatic nitrogens is 3. The van der Waals surface area contributed by atoms with E-state index in [0.29, 0.717) is 30.1 Å². The van der Waals surface area contributed by atoms with Crippen molar-refractivity contribution in [3.8, 4) is 5.75 Å². The van der Waals surface area contributed by atoms with Crippen LogP contribution in [0, 0.1) is 0 Å². The monoisotopic (exact) mass is 645 g/mol. The maximum Gasteiger partial charge on any atom is 0.319 e. The number of hydrogen-bond acceptors (Lipinski definition) is 7. The number of ether oxygens (including phenoxy) is 1. The Labute approximate surface area is 270 Å². The Hall–Kier alpha value is -4.16. The van der Waals surface area contributed by atoms with Gasteiger partial charge in [-0.1, -0.05) is 45.0 Å². The first kappa shape index (κ1) is 31.8. The Balaban J connectivity index is 1.18. The minimum Gasteiger partial charge on any atom is -0.484 e. The zero-order valence-electron chi connectivity index (χ0n) is 27.1. The van der Waals surface area contributed by atoms with Crippen LogP contribution in [-0.4, -0.2) is 60.3 Å². The molecule has 0 saturated carbocycles. The molecule has 6 rings (SSSR count). The van der Waals surface area contributed by atoms with Crippen molar-refractivity contribution in [3.63, 3.8) is 0 Å². The molecule has 3 N–H and O–H groups in total. The summed E-state index contributed by atoms with van der Waals surface area (Å²) in [6.45, 7) is 8.17. The van der Waals surface area contributed by atoms with Crippen LogP contribution in [0.1, 0.15) is 87.0 Å². The first-order valence-electron chi connectivity index (χ1n) is 15.8. The molecule has 3 heterocycles. The predicted molar refractivity (Wildman–Crippen MR) is 180 cm³/mol. The van der Waals surface area contributed by atoms with Gasteiger partial charge in [0.25, 0.3) is 0 Å². The van der Waals surface area contributed by atoms with Crippen LogP contribution in [0.25, 0.3) is 5.65 Å². The molecule has 2 amide bonds. The van der Waals surface area contributed by atoms with Crippen LogP contribution in [-0.2, 0) is 15.4 Å². The van der Waals surface area contributed by atoms with Crippen LogP contribution in [0.4, 0.5) is 16.2 Å². The molecule has 2 aliphatic rings. The third-order valence-corrected chi connectivity index (χ3v) is 9.38. The maximum absolute atomic E-state index is 13.3. The third kappa shape index (κ3) is 7.28. The highest BCUT2D eigenvalue weighted by Gasteiger charge is 2.30. The van der Waals surface area contributed by atoms with Gasteiger partial charge in [0.1, 0.15) is 17.7 Å². The van der Waals surface area contributed by atoms with E-state index in [0.717, 1.165) is 66.1 Å². The van der Waals surface area contributed by atoms with E-state index in [1.165, 1.54) is 0 Å². The van der Waals surface area contributed by atoms with Gasteiger partial charge in [0.05, 0.1) is 24.2 Å². The van der Waals surface area contributed by atoms with Gasteiger partial charge in [-0.15, -0.1) is 10.2 Å². The Bertz CT molecular complexity index is 1850. The molecule has 0 unspecified atom stereocenters. The van der Waals surface area contributed by atoms with Crippen molar-refractivity contribution >= 4 is 33.1 Å². The highest BCUT2D eigenvalue weighted by atomic mass is 32.2. The molecular weight excluding hydrogens is 602 g/mol. The van der Waals surface area contributed by atoms with Crippen LogP contribution in [0.5, 0.6) is 5.75 Å². The summed E-state index contributed by atoms with van der Waals surface area (Å²) in [5, 5.41) is 15.0. The van der Waals surface area contributed by atoms with Crippen molar-refractivity contribution in [2.75, 3.05) is 36.4 Å². The molecule has 1 saturated heterocycles. The van der Waals surface area contributed by atoms with E-state index in [1.54, 1.807) is 12.1 Å². The lowest BCUT2D eigenvalue weighted by Gasteiger charge is -2.32. The van der Waals surface area contributed by atoms with Crippen molar-refractivity contribution in [1.82, 2.24) is 24.8 Å². The minimum atomic E-state index is -3.49. The number of nitrogens with one attached hydrogen (secondary N) is 3. The van der Waals surface area contributed by atoms with Crippen LogP contribution in [0.2, 0.25) is 0 Å². The van der Waals surface area contributed by atoms with Gasteiger partial charge in [-0.25, -0.2) is 13.2 Å². The van der Waals surface area contributed by atoms with Gasteiger partial charge in [0, 0.05) is 18.2 Å². The number of sulfonamides is 1. The lowest BCUT2D eigenvalue weighted by Crippen LogP contribution is -2.35. The standard InChI is InChI=1S/C34H43N7O4S/c1-34(2,3)23-17-24(19-25(18-23)39-46(5,43)44)35-33(42)36-29-13-14-30(28-11-7-6-10-27(28)29)45-26-12-15-31-37-38-32(41(31)21-26)22-9-8-16-40(4)20-22/h6-7,10-12,15,17-19,21-22,29-30,39H,8-9,13-14,16,20H2,1-5H3,(H2,35,36,42)/t22-,29+,30-/m1/s1. The van der Waals surface area contributed by atoms with Gasteiger partial charge in [0.2, 0.25) is 10.0 Å². The first-order chi connectivity index (χ1) is 21.8. The van der Waals surface area contributed by atoms with E-state index in [2.05, 4.69) is 48.0 Å². The molecule has 46 heavy (non-hydrogen) atoms.